The van der Waals surface area contributed by atoms with Crippen LogP contribution in [0.2, 0.25) is 5.02 Å². The summed E-state index contributed by atoms with van der Waals surface area (Å²) in [5, 5.41) is 9.80. The number of nitrogens with zero attached hydrogens (tertiary/aromatic N) is 1. The van der Waals surface area contributed by atoms with Crippen LogP contribution < -0.4 is 0 Å². The first-order valence-corrected chi connectivity index (χ1v) is 5.85. The highest BCUT2D eigenvalue weighted by Crippen LogP contribution is 2.47. The Morgan fingerprint density at radius 2 is 2.31 bits per heavy atom. The molecule has 1 aromatic carbocycles. The van der Waals surface area contributed by atoms with Gasteiger partial charge in [0.1, 0.15) is 5.82 Å². The Kier molecular flexibility index (Phi) is 2.90. The minimum atomic E-state index is -0.523. The van der Waals surface area contributed by atoms with Crippen molar-refractivity contribution in [3.05, 3.63) is 34.6 Å². The normalized spacial score (nSPS) is 29.0. The minimum Gasteiger partial charge on any atom is -0.207 e. The summed E-state index contributed by atoms with van der Waals surface area (Å²) in [5.74, 6) is -0.0760. The number of hydrogen-bond acceptors (Lipinski definition) is 1. The molecule has 1 aliphatic rings. The van der Waals surface area contributed by atoms with Gasteiger partial charge in [-0.1, -0.05) is 31.0 Å². The van der Waals surface area contributed by atoms with E-state index in [0.717, 1.165) is 24.8 Å². The average Bonchev–Trinajstić information content (AvgIpc) is 2.61. The molecule has 2 rings (SSSR count). The van der Waals surface area contributed by atoms with Crippen LogP contribution in [0, 0.1) is 23.1 Å². The van der Waals surface area contributed by atoms with Gasteiger partial charge in [-0.2, -0.15) is 5.26 Å². The second-order valence-electron chi connectivity index (χ2n) is 4.50. The number of rotatable bonds is 1. The van der Waals surface area contributed by atoms with Crippen molar-refractivity contribution >= 4 is 11.6 Å². The highest BCUT2D eigenvalue weighted by molar-refractivity contribution is 6.31. The van der Waals surface area contributed by atoms with E-state index < -0.39 is 5.41 Å². The maximum atomic E-state index is 13.0. The highest BCUT2D eigenvalue weighted by atomic mass is 35.5. The third-order valence-corrected chi connectivity index (χ3v) is 3.97. The van der Waals surface area contributed by atoms with E-state index in [-0.39, 0.29) is 11.7 Å². The third-order valence-electron chi connectivity index (χ3n) is 3.66. The van der Waals surface area contributed by atoms with E-state index in [9.17, 15) is 9.65 Å². The topological polar surface area (TPSA) is 23.8 Å². The van der Waals surface area contributed by atoms with E-state index in [2.05, 4.69) is 13.0 Å². The molecule has 0 amide bonds. The van der Waals surface area contributed by atoms with Crippen LogP contribution in [0.5, 0.6) is 0 Å². The van der Waals surface area contributed by atoms with Gasteiger partial charge in [0, 0.05) is 5.02 Å². The van der Waals surface area contributed by atoms with Crippen LogP contribution in [-0.2, 0) is 5.41 Å². The summed E-state index contributed by atoms with van der Waals surface area (Å²) in [7, 11) is 0. The Morgan fingerprint density at radius 1 is 1.56 bits per heavy atom. The zero-order valence-electron chi connectivity index (χ0n) is 9.13. The smallest absolute Gasteiger partial charge is 0.124 e. The Labute approximate surface area is 99.8 Å². The monoisotopic (exact) mass is 237 g/mol. The summed E-state index contributed by atoms with van der Waals surface area (Å²) in [6.07, 6.45) is 2.87. The Bertz CT molecular complexity index is 452. The van der Waals surface area contributed by atoms with Crippen LogP contribution in [0.15, 0.2) is 18.2 Å². The summed E-state index contributed by atoms with van der Waals surface area (Å²) >= 11 is 6.05. The van der Waals surface area contributed by atoms with Crippen LogP contribution in [0.25, 0.3) is 0 Å². The Morgan fingerprint density at radius 3 is 2.81 bits per heavy atom. The second-order valence-corrected chi connectivity index (χ2v) is 4.91. The van der Waals surface area contributed by atoms with Crippen LogP contribution in [-0.4, -0.2) is 0 Å². The zero-order chi connectivity index (χ0) is 11.8. The number of nitriles is 1. The van der Waals surface area contributed by atoms with E-state index in [1.165, 1.54) is 12.1 Å². The third kappa shape index (κ3) is 1.60. The predicted octanol–water partition coefficient (Wildman–Crippen LogP) is 4.06. The van der Waals surface area contributed by atoms with Gasteiger partial charge < -0.3 is 0 Å². The summed E-state index contributed by atoms with van der Waals surface area (Å²) in [4.78, 5) is 0. The molecule has 16 heavy (non-hydrogen) atoms. The molecule has 1 aliphatic carbocycles. The molecule has 0 bridgehead atoms. The molecule has 1 aromatic rings. The summed E-state index contributed by atoms with van der Waals surface area (Å²) < 4.78 is 13.0. The lowest BCUT2D eigenvalue weighted by Crippen LogP contribution is -2.27. The number of benzene rings is 1. The lowest BCUT2D eigenvalue weighted by Gasteiger charge is -2.27. The first-order valence-electron chi connectivity index (χ1n) is 5.47. The molecule has 0 N–H and O–H groups in total. The van der Waals surface area contributed by atoms with Crippen molar-refractivity contribution in [3.63, 3.8) is 0 Å². The molecular weight excluding hydrogens is 225 g/mol. The van der Waals surface area contributed by atoms with Crippen LogP contribution in [0.1, 0.15) is 31.7 Å². The predicted molar refractivity (Wildman–Crippen MR) is 61.7 cm³/mol. The molecule has 2 unspecified atom stereocenters. The van der Waals surface area contributed by atoms with Gasteiger partial charge in [-0.3, -0.25) is 0 Å². The van der Waals surface area contributed by atoms with Crippen LogP contribution in [0.3, 0.4) is 0 Å². The fourth-order valence-electron chi connectivity index (χ4n) is 2.66. The molecular formula is C13H13ClFN. The summed E-state index contributed by atoms with van der Waals surface area (Å²) in [6.45, 7) is 2.07. The van der Waals surface area contributed by atoms with Gasteiger partial charge in [0.05, 0.1) is 11.5 Å². The first kappa shape index (κ1) is 11.4. The van der Waals surface area contributed by atoms with E-state index in [0.29, 0.717) is 5.02 Å². The summed E-state index contributed by atoms with van der Waals surface area (Å²) in [5.41, 5.74) is 0.258. The van der Waals surface area contributed by atoms with E-state index >= 15 is 0 Å². The van der Waals surface area contributed by atoms with Crippen molar-refractivity contribution in [1.29, 1.82) is 5.26 Å². The standard InChI is InChI=1S/C13H13ClFN/c1-9-3-2-6-13(9,8-16)11-5-4-10(15)7-12(11)14/h4-5,7,9H,2-3,6H2,1H3. The van der Waals surface area contributed by atoms with Gasteiger partial charge in [-0.25, -0.2) is 4.39 Å². The zero-order valence-corrected chi connectivity index (χ0v) is 9.89. The lowest BCUT2D eigenvalue weighted by molar-refractivity contribution is 0.430. The van der Waals surface area contributed by atoms with Gasteiger partial charge in [-0.05, 0) is 36.5 Å². The van der Waals surface area contributed by atoms with Gasteiger partial charge in [0.2, 0.25) is 0 Å². The molecule has 0 saturated heterocycles. The quantitative estimate of drug-likeness (QED) is 0.723. The SMILES string of the molecule is CC1CCCC1(C#N)c1ccc(F)cc1Cl. The van der Waals surface area contributed by atoms with Crippen LogP contribution in [0.4, 0.5) is 4.39 Å². The minimum absolute atomic E-state index is 0.278. The maximum Gasteiger partial charge on any atom is 0.124 e. The first-order chi connectivity index (χ1) is 7.60. The van der Waals surface area contributed by atoms with Gasteiger partial charge in [0.15, 0.2) is 0 Å². The molecule has 3 heteroatoms. The highest BCUT2D eigenvalue weighted by Gasteiger charge is 2.43. The lowest BCUT2D eigenvalue weighted by atomic mass is 9.74. The second kappa shape index (κ2) is 4.07. The summed E-state index contributed by atoms with van der Waals surface area (Å²) in [6, 6.07) is 6.73. The van der Waals surface area contributed by atoms with Crippen LogP contribution >= 0.6 is 11.6 Å². The molecule has 2 atom stereocenters. The van der Waals surface area contributed by atoms with Crippen molar-refractivity contribution in [1.82, 2.24) is 0 Å². The van der Waals surface area contributed by atoms with Crippen molar-refractivity contribution < 1.29 is 4.39 Å². The number of halogens is 2. The van der Waals surface area contributed by atoms with E-state index in [4.69, 9.17) is 11.6 Å². The van der Waals surface area contributed by atoms with Crippen molar-refractivity contribution in [3.8, 4) is 6.07 Å². The average molecular weight is 238 g/mol. The molecule has 1 saturated carbocycles. The number of hydrogen-bond donors (Lipinski definition) is 0. The molecule has 0 spiro atoms. The molecule has 1 fully saturated rings. The van der Waals surface area contributed by atoms with Gasteiger partial charge in [-0.15, -0.1) is 0 Å². The van der Waals surface area contributed by atoms with Crippen molar-refractivity contribution in [2.75, 3.05) is 0 Å². The molecule has 0 heterocycles. The van der Waals surface area contributed by atoms with E-state index in [1.807, 2.05) is 0 Å². The van der Waals surface area contributed by atoms with Crippen molar-refractivity contribution in [2.45, 2.75) is 31.6 Å². The fourth-order valence-corrected chi connectivity index (χ4v) is 2.99. The Balaban J connectivity index is 2.53. The van der Waals surface area contributed by atoms with E-state index in [1.54, 1.807) is 6.07 Å². The van der Waals surface area contributed by atoms with Gasteiger partial charge >= 0.3 is 0 Å². The largest absolute Gasteiger partial charge is 0.207 e. The molecule has 84 valence electrons. The molecule has 0 aromatic heterocycles. The molecule has 1 nitrogen and oxygen atoms in total. The molecule has 0 aliphatic heterocycles. The molecule has 0 radical (unpaired) electrons. The fraction of sp³-hybridized carbons (Fsp3) is 0.462. The van der Waals surface area contributed by atoms with Crippen molar-refractivity contribution in [2.24, 2.45) is 5.92 Å². The maximum absolute atomic E-state index is 13.0. The Hall–Kier alpha value is -1.07. The van der Waals surface area contributed by atoms with Gasteiger partial charge in [0.25, 0.3) is 0 Å².